The molecule has 1 rings (SSSR count). The molecule has 0 aromatic heterocycles. The van der Waals surface area contributed by atoms with Crippen molar-refractivity contribution in [2.45, 2.75) is 13.3 Å². The van der Waals surface area contributed by atoms with E-state index in [9.17, 15) is 4.79 Å². The quantitative estimate of drug-likeness (QED) is 0.701. The van der Waals surface area contributed by atoms with Crippen LogP contribution in [0.5, 0.6) is 5.75 Å². The minimum Gasteiger partial charge on any atom is -0.496 e. The summed E-state index contributed by atoms with van der Waals surface area (Å²) in [5, 5.41) is 0. The Kier molecular flexibility index (Phi) is 5.16. The summed E-state index contributed by atoms with van der Waals surface area (Å²) in [5.41, 5.74) is 1.77. The predicted octanol–water partition coefficient (Wildman–Crippen LogP) is 2.49. The minimum atomic E-state index is 0. The molecule has 2 nitrogen and oxygen atoms in total. The largest absolute Gasteiger partial charge is 0.496 e. The number of aldehydes is 1. The molecule has 1 aromatic rings. The smallest absolute Gasteiger partial charge is 0.150 e. The number of benzene rings is 1. The summed E-state index contributed by atoms with van der Waals surface area (Å²) >= 11 is 0. The molecule has 13 heavy (non-hydrogen) atoms. The average molecular weight is 201 g/mol. The third kappa shape index (κ3) is 2.74. The number of rotatable bonds is 3. The van der Waals surface area contributed by atoms with Gasteiger partial charge in [-0.05, 0) is 30.2 Å². The molecular weight excluding hydrogens is 188 g/mol. The van der Waals surface area contributed by atoms with E-state index in [-0.39, 0.29) is 12.4 Å². The monoisotopic (exact) mass is 200 g/mol. The van der Waals surface area contributed by atoms with Crippen LogP contribution in [0.4, 0.5) is 0 Å². The van der Waals surface area contributed by atoms with Crippen molar-refractivity contribution < 1.29 is 9.53 Å². The topological polar surface area (TPSA) is 26.3 Å². The zero-order valence-corrected chi connectivity index (χ0v) is 8.56. The van der Waals surface area contributed by atoms with Crippen molar-refractivity contribution in [1.82, 2.24) is 0 Å². The fourth-order valence-corrected chi connectivity index (χ4v) is 1.15. The molecule has 0 atom stereocenters. The summed E-state index contributed by atoms with van der Waals surface area (Å²) in [6, 6.07) is 5.43. The maximum Gasteiger partial charge on any atom is 0.150 e. The first-order chi connectivity index (χ1) is 5.81. The van der Waals surface area contributed by atoms with E-state index < -0.39 is 0 Å². The number of carbonyl (C=O) groups excluding carboxylic acids is 1. The Morgan fingerprint density at radius 1 is 1.46 bits per heavy atom. The Bertz CT molecular complexity index is 284. The van der Waals surface area contributed by atoms with E-state index in [0.717, 1.165) is 24.0 Å². The third-order valence-corrected chi connectivity index (χ3v) is 1.82. The first kappa shape index (κ1) is 12.0. The van der Waals surface area contributed by atoms with Crippen LogP contribution in [0, 0.1) is 0 Å². The molecule has 0 radical (unpaired) electrons. The van der Waals surface area contributed by atoms with Crippen LogP contribution >= 0.6 is 12.4 Å². The highest BCUT2D eigenvalue weighted by Gasteiger charge is 2.00. The number of methoxy groups -OCH3 is 1. The van der Waals surface area contributed by atoms with Gasteiger partial charge in [0.1, 0.15) is 12.0 Å². The van der Waals surface area contributed by atoms with Crippen molar-refractivity contribution in [2.75, 3.05) is 7.11 Å². The maximum atomic E-state index is 10.4. The molecule has 0 aliphatic carbocycles. The van der Waals surface area contributed by atoms with Gasteiger partial charge in [-0.25, -0.2) is 0 Å². The van der Waals surface area contributed by atoms with Crippen LogP contribution < -0.4 is 4.74 Å². The van der Waals surface area contributed by atoms with Crippen LogP contribution in [-0.4, -0.2) is 13.4 Å². The highest BCUT2D eigenvalue weighted by Crippen LogP contribution is 2.19. The number of hydrogen-bond acceptors (Lipinski definition) is 2. The summed E-state index contributed by atoms with van der Waals surface area (Å²) in [6.45, 7) is 2.03. The van der Waals surface area contributed by atoms with Gasteiger partial charge in [-0.15, -0.1) is 12.4 Å². The molecule has 0 bridgehead atoms. The number of halogens is 1. The molecule has 0 aliphatic rings. The molecule has 0 fully saturated rings. The lowest BCUT2D eigenvalue weighted by molar-refractivity contribution is 0.112. The van der Waals surface area contributed by atoms with Crippen LogP contribution in [0.25, 0.3) is 0 Å². The standard InChI is InChI=1S/C10H12O2.ClH/c1-3-9-6-8(7-11)4-5-10(9)12-2;/h4-7H,3H2,1-2H3;1H. The molecule has 0 amide bonds. The summed E-state index contributed by atoms with van der Waals surface area (Å²) in [5.74, 6) is 0.850. The highest BCUT2D eigenvalue weighted by molar-refractivity contribution is 5.85. The molecule has 72 valence electrons. The van der Waals surface area contributed by atoms with Crippen molar-refractivity contribution in [3.05, 3.63) is 29.3 Å². The first-order valence-corrected chi connectivity index (χ1v) is 3.94. The Morgan fingerprint density at radius 3 is 2.62 bits per heavy atom. The third-order valence-electron chi connectivity index (χ3n) is 1.82. The normalized spacial score (nSPS) is 8.77. The SMILES string of the molecule is CCc1cc(C=O)ccc1OC.Cl. The molecule has 3 heteroatoms. The second-order valence-electron chi connectivity index (χ2n) is 2.54. The molecular formula is C10H13ClO2. The van der Waals surface area contributed by atoms with Gasteiger partial charge in [0.05, 0.1) is 7.11 Å². The molecule has 0 heterocycles. The first-order valence-electron chi connectivity index (χ1n) is 3.94. The van der Waals surface area contributed by atoms with Gasteiger partial charge >= 0.3 is 0 Å². The van der Waals surface area contributed by atoms with Crippen molar-refractivity contribution in [3.8, 4) is 5.75 Å². The maximum absolute atomic E-state index is 10.4. The van der Waals surface area contributed by atoms with E-state index in [4.69, 9.17) is 4.74 Å². The lowest BCUT2D eigenvalue weighted by atomic mass is 10.1. The van der Waals surface area contributed by atoms with Gasteiger partial charge in [-0.2, -0.15) is 0 Å². The second kappa shape index (κ2) is 5.60. The van der Waals surface area contributed by atoms with Gasteiger partial charge in [0, 0.05) is 5.56 Å². The van der Waals surface area contributed by atoms with Gasteiger partial charge in [-0.3, -0.25) is 4.79 Å². The van der Waals surface area contributed by atoms with Crippen molar-refractivity contribution in [2.24, 2.45) is 0 Å². The lowest BCUT2D eigenvalue weighted by Crippen LogP contribution is -1.91. The van der Waals surface area contributed by atoms with E-state index >= 15 is 0 Å². The van der Waals surface area contributed by atoms with Crippen molar-refractivity contribution in [3.63, 3.8) is 0 Å². The van der Waals surface area contributed by atoms with E-state index in [1.54, 1.807) is 13.2 Å². The number of aryl methyl sites for hydroxylation is 1. The molecule has 0 spiro atoms. The average Bonchev–Trinajstić information content (AvgIpc) is 2.16. The van der Waals surface area contributed by atoms with E-state index in [1.807, 2.05) is 19.1 Å². The fourth-order valence-electron chi connectivity index (χ4n) is 1.15. The Morgan fingerprint density at radius 2 is 2.15 bits per heavy atom. The molecule has 0 aliphatic heterocycles. The summed E-state index contributed by atoms with van der Waals surface area (Å²) in [4.78, 5) is 10.4. The number of carbonyl (C=O) groups is 1. The van der Waals surface area contributed by atoms with Gasteiger partial charge in [-0.1, -0.05) is 6.92 Å². The summed E-state index contributed by atoms with van der Waals surface area (Å²) in [6.07, 6.45) is 1.73. The van der Waals surface area contributed by atoms with Gasteiger partial charge < -0.3 is 4.74 Å². The number of hydrogen-bond donors (Lipinski definition) is 0. The van der Waals surface area contributed by atoms with Crippen molar-refractivity contribution in [1.29, 1.82) is 0 Å². The minimum absolute atomic E-state index is 0. The van der Waals surface area contributed by atoms with Crippen LogP contribution in [0.2, 0.25) is 0 Å². The fraction of sp³-hybridized carbons (Fsp3) is 0.300. The molecule has 0 unspecified atom stereocenters. The zero-order valence-electron chi connectivity index (χ0n) is 7.74. The van der Waals surface area contributed by atoms with Crippen LogP contribution in [-0.2, 0) is 6.42 Å². The van der Waals surface area contributed by atoms with Gasteiger partial charge in [0.25, 0.3) is 0 Å². The molecule has 0 saturated carbocycles. The Hall–Kier alpha value is -1.02. The number of ether oxygens (including phenoxy) is 1. The lowest BCUT2D eigenvalue weighted by Gasteiger charge is -2.05. The highest BCUT2D eigenvalue weighted by atomic mass is 35.5. The Balaban J connectivity index is 0.00000144. The van der Waals surface area contributed by atoms with E-state index in [2.05, 4.69) is 0 Å². The molecule has 1 aromatic carbocycles. The van der Waals surface area contributed by atoms with E-state index in [0.29, 0.717) is 5.56 Å². The van der Waals surface area contributed by atoms with Gasteiger partial charge in [0.15, 0.2) is 0 Å². The van der Waals surface area contributed by atoms with Crippen LogP contribution in [0.3, 0.4) is 0 Å². The molecule has 0 N–H and O–H groups in total. The molecule has 0 saturated heterocycles. The van der Waals surface area contributed by atoms with Gasteiger partial charge in [0.2, 0.25) is 0 Å². The summed E-state index contributed by atoms with van der Waals surface area (Å²) in [7, 11) is 1.63. The zero-order chi connectivity index (χ0) is 8.97. The second-order valence-corrected chi connectivity index (χ2v) is 2.54. The Labute approximate surface area is 84.3 Å². The summed E-state index contributed by atoms with van der Waals surface area (Å²) < 4.78 is 5.12. The van der Waals surface area contributed by atoms with E-state index in [1.165, 1.54) is 0 Å². The predicted molar refractivity (Wildman–Crippen MR) is 55.0 cm³/mol. The van der Waals surface area contributed by atoms with Crippen LogP contribution in [0.1, 0.15) is 22.8 Å². The van der Waals surface area contributed by atoms with Crippen LogP contribution in [0.15, 0.2) is 18.2 Å². The van der Waals surface area contributed by atoms with Crippen molar-refractivity contribution >= 4 is 18.7 Å².